The number of aromatic nitrogens is 1. The lowest BCUT2D eigenvalue weighted by atomic mass is 9.97. The molecule has 1 atom stereocenters. The molecule has 1 aromatic heterocycles. The Balaban J connectivity index is 1.89. The van der Waals surface area contributed by atoms with E-state index in [-0.39, 0.29) is 11.1 Å². The van der Waals surface area contributed by atoms with Crippen LogP contribution in [-0.2, 0) is 9.53 Å². The van der Waals surface area contributed by atoms with E-state index in [0.717, 1.165) is 5.56 Å². The van der Waals surface area contributed by atoms with Crippen molar-refractivity contribution in [2.24, 2.45) is 4.99 Å². The molecule has 1 aliphatic heterocycles. The van der Waals surface area contributed by atoms with Crippen LogP contribution in [0.4, 0.5) is 0 Å². The minimum atomic E-state index is -0.771. The van der Waals surface area contributed by atoms with E-state index in [1.54, 1.807) is 18.2 Å². The number of carbonyl (C=O) groups is 1. The maximum atomic E-state index is 13.9. The van der Waals surface area contributed by atoms with Crippen molar-refractivity contribution in [1.29, 1.82) is 0 Å². The van der Waals surface area contributed by atoms with E-state index in [4.69, 9.17) is 23.7 Å². The molecule has 4 rings (SSSR count). The zero-order valence-electron chi connectivity index (χ0n) is 23.0. The number of benzene rings is 2. The average molecular weight is 632 g/mol. The Kier molecular flexibility index (Phi) is 9.70. The number of halogens is 1. The van der Waals surface area contributed by atoms with Gasteiger partial charge < -0.3 is 23.7 Å². The molecule has 2 heterocycles. The highest BCUT2D eigenvalue weighted by Crippen LogP contribution is 2.37. The second-order valence-electron chi connectivity index (χ2n) is 8.44. The van der Waals surface area contributed by atoms with Crippen molar-refractivity contribution in [2.45, 2.75) is 33.7 Å². The van der Waals surface area contributed by atoms with Gasteiger partial charge in [-0.05, 0) is 85.1 Å². The normalized spacial score (nSPS) is 14.6. The summed E-state index contributed by atoms with van der Waals surface area (Å²) in [6.45, 7) is 9.39. The molecule has 0 amide bonds. The quantitative estimate of drug-likeness (QED) is 0.290. The zero-order chi connectivity index (χ0) is 28.8. The highest BCUT2D eigenvalue weighted by atomic mass is 79.9. The summed E-state index contributed by atoms with van der Waals surface area (Å²) >= 11 is 4.79. The molecule has 0 aliphatic carbocycles. The number of methoxy groups -OCH3 is 1. The highest BCUT2D eigenvalue weighted by molar-refractivity contribution is 9.10. The van der Waals surface area contributed by atoms with Gasteiger partial charge in [0.1, 0.15) is 0 Å². The van der Waals surface area contributed by atoms with Crippen LogP contribution in [0.3, 0.4) is 0 Å². The van der Waals surface area contributed by atoms with Crippen LogP contribution in [0.25, 0.3) is 6.08 Å². The Morgan fingerprint density at radius 1 is 0.975 bits per heavy atom. The topological polar surface area (TPSA) is 97.6 Å². The summed E-state index contributed by atoms with van der Waals surface area (Å²) in [5.74, 6) is 1.70. The number of esters is 1. The van der Waals surface area contributed by atoms with Gasteiger partial charge in [0.25, 0.3) is 5.56 Å². The zero-order valence-corrected chi connectivity index (χ0v) is 25.4. The molecule has 212 valence electrons. The first-order valence-corrected chi connectivity index (χ1v) is 14.6. The van der Waals surface area contributed by atoms with Crippen LogP contribution >= 0.6 is 27.3 Å². The van der Waals surface area contributed by atoms with Gasteiger partial charge in [0, 0.05) is 6.20 Å². The van der Waals surface area contributed by atoms with Crippen molar-refractivity contribution in [1.82, 2.24) is 4.57 Å². The average Bonchev–Trinajstić information content (AvgIpc) is 3.25. The Morgan fingerprint density at radius 3 is 2.33 bits per heavy atom. The van der Waals surface area contributed by atoms with Gasteiger partial charge in [0.15, 0.2) is 27.8 Å². The number of nitrogens with zero attached hydrogens (tertiary/aromatic N) is 2. The van der Waals surface area contributed by atoms with Crippen LogP contribution in [0, 0.1) is 0 Å². The SMILES string of the molecule is CCOc1ccc([C@@H]2C(C(=O)OC)=CN=c3s/c(=C/c4cc(Br)c(OCC)c(OCC)c4)c(=O)n32)cc1OCC. The van der Waals surface area contributed by atoms with Crippen molar-refractivity contribution < 1.29 is 28.5 Å². The maximum absolute atomic E-state index is 13.9. The van der Waals surface area contributed by atoms with Crippen LogP contribution in [0.2, 0.25) is 0 Å². The molecule has 0 saturated carbocycles. The fourth-order valence-electron chi connectivity index (χ4n) is 4.36. The minimum Gasteiger partial charge on any atom is -0.490 e. The number of hydrogen-bond acceptors (Lipinski definition) is 9. The fourth-order valence-corrected chi connectivity index (χ4v) is 5.90. The van der Waals surface area contributed by atoms with Crippen molar-refractivity contribution in [3.8, 4) is 23.0 Å². The Labute approximate surface area is 244 Å². The van der Waals surface area contributed by atoms with E-state index in [9.17, 15) is 9.59 Å². The van der Waals surface area contributed by atoms with Crippen LogP contribution in [0.1, 0.15) is 44.9 Å². The molecule has 0 spiro atoms. The van der Waals surface area contributed by atoms with Crippen molar-refractivity contribution >= 4 is 39.3 Å². The number of thiazole rings is 1. The van der Waals surface area contributed by atoms with Gasteiger partial charge in [0.2, 0.25) is 0 Å². The van der Waals surface area contributed by atoms with Crippen molar-refractivity contribution in [2.75, 3.05) is 33.5 Å². The van der Waals surface area contributed by atoms with Crippen LogP contribution < -0.4 is 33.8 Å². The minimum absolute atomic E-state index is 0.232. The number of fused-ring (bicyclic) bond motifs is 1. The smallest absolute Gasteiger partial charge is 0.337 e. The molecule has 9 nitrogen and oxygen atoms in total. The summed E-state index contributed by atoms with van der Waals surface area (Å²) in [6, 6.07) is 8.30. The van der Waals surface area contributed by atoms with Gasteiger partial charge in [-0.15, -0.1) is 0 Å². The molecule has 1 aliphatic rings. The summed E-state index contributed by atoms with van der Waals surface area (Å²) in [5, 5.41) is 0. The largest absolute Gasteiger partial charge is 0.490 e. The summed E-state index contributed by atoms with van der Waals surface area (Å²) in [5.41, 5.74) is 1.34. The van der Waals surface area contributed by atoms with Gasteiger partial charge in [-0.3, -0.25) is 9.36 Å². The number of carbonyl (C=O) groups excluding carboxylic acids is 1. The summed E-state index contributed by atoms with van der Waals surface area (Å²) < 4.78 is 30.8. The molecular formula is C29H31BrN2O7S. The second-order valence-corrected chi connectivity index (χ2v) is 10.3. The third kappa shape index (κ3) is 5.95. The highest BCUT2D eigenvalue weighted by Gasteiger charge is 2.31. The van der Waals surface area contributed by atoms with Gasteiger partial charge in [-0.2, -0.15) is 0 Å². The fraction of sp³-hybridized carbons (Fsp3) is 0.345. The monoisotopic (exact) mass is 630 g/mol. The van der Waals surface area contributed by atoms with Crippen molar-refractivity contribution in [3.05, 3.63) is 77.4 Å². The van der Waals surface area contributed by atoms with Gasteiger partial charge in [-0.25, -0.2) is 9.79 Å². The molecule has 0 saturated heterocycles. The predicted octanol–water partition coefficient (Wildman–Crippen LogP) is 4.38. The lowest BCUT2D eigenvalue weighted by Crippen LogP contribution is -2.39. The lowest BCUT2D eigenvalue weighted by molar-refractivity contribution is -0.136. The maximum Gasteiger partial charge on any atom is 0.337 e. The standard InChI is InChI=1S/C29H31BrN2O7S/c1-6-36-21-11-10-18(15-22(21)37-7-2)25-19(28(34)35-5)16-31-29-32(25)27(33)24(40-29)14-17-12-20(30)26(39-9-4)23(13-17)38-8-3/h10-16,25H,6-9H2,1-5H3/b24-14+/t25-/m1/s1. The third-order valence-corrected chi connectivity index (χ3v) is 7.51. The molecule has 0 radical (unpaired) electrons. The summed E-state index contributed by atoms with van der Waals surface area (Å²) in [4.78, 5) is 31.6. The molecule has 0 N–H and O–H groups in total. The second kappa shape index (κ2) is 13.2. The van der Waals surface area contributed by atoms with Crippen molar-refractivity contribution in [3.63, 3.8) is 0 Å². The van der Waals surface area contributed by atoms with Gasteiger partial charge >= 0.3 is 5.97 Å². The van der Waals surface area contributed by atoms with E-state index in [0.29, 0.717) is 68.8 Å². The van der Waals surface area contributed by atoms with Crippen LogP contribution in [-0.4, -0.2) is 44.1 Å². The first-order chi connectivity index (χ1) is 19.4. The molecule has 0 bridgehead atoms. The Hall–Kier alpha value is -3.57. The Bertz CT molecular complexity index is 1610. The predicted molar refractivity (Wildman–Crippen MR) is 156 cm³/mol. The van der Waals surface area contributed by atoms with Gasteiger partial charge in [-0.1, -0.05) is 17.4 Å². The summed E-state index contributed by atoms with van der Waals surface area (Å²) in [6.07, 6.45) is 3.23. The molecule has 40 heavy (non-hydrogen) atoms. The number of rotatable bonds is 11. The molecular weight excluding hydrogens is 600 g/mol. The molecule has 0 unspecified atom stereocenters. The molecule has 11 heteroatoms. The lowest BCUT2D eigenvalue weighted by Gasteiger charge is -2.23. The summed E-state index contributed by atoms with van der Waals surface area (Å²) in [7, 11) is 1.30. The number of hydrogen-bond donors (Lipinski definition) is 0. The molecule has 2 aromatic carbocycles. The Morgan fingerprint density at radius 2 is 1.65 bits per heavy atom. The van der Waals surface area contributed by atoms with E-state index < -0.39 is 12.0 Å². The first-order valence-electron chi connectivity index (χ1n) is 12.9. The third-order valence-electron chi connectivity index (χ3n) is 5.93. The van der Waals surface area contributed by atoms with Gasteiger partial charge in [0.05, 0.1) is 54.2 Å². The van der Waals surface area contributed by atoms with E-state index in [1.807, 2.05) is 45.9 Å². The van der Waals surface area contributed by atoms with Crippen LogP contribution in [0.15, 0.2) is 56.4 Å². The number of ether oxygens (including phenoxy) is 5. The first kappa shape index (κ1) is 29.4. The molecule has 0 fully saturated rings. The molecule has 3 aromatic rings. The van der Waals surface area contributed by atoms with E-state index >= 15 is 0 Å². The van der Waals surface area contributed by atoms with Crippen LogP contribution in [0.5, 0.6) is 23.0 Å². The van der Waals surface area contributed by atoms with E-state index in [1.165, 1.54) is 29.2 Å². The van der Waals surface area contributed by atoms with E-state index in [2.05, 4.69) is 20.9 Å².